The van der Waals surface area contributed by atoms with Gasteiger partial charge in [-0.05, 0) is 31.7 Å². The second-order valence-corrected chi connectivity index (χ2v) is 5.49. The molecule has 3 rings (SSSR count). The molecule has 0 saturated carbocycles. The average molecular weight is 243 g/mol. The Kier molecular flexibility index (Phi) is 2.65. The zero-order chi connectivity index (χ0) is 12.8. The van der Waals surface area contributed by atoms with Gasteiger partial charge in [0.2, 0.25) is 0 Å². The molecule has 18 heavy (non-hydrogen) atoms. The monoisotopic (exact) mass is 243 g/mol. The van der Waals surface area contributed by atoms with Crippen LogP contribution in [0.15, 0.2) is 24.3 Å². The Balaban J connectivity index is 1.93. The maximum absolute atomic E-state index is 10.6. The van der Waals surface area contributed by atoms with Gasteiger partial charge in [0.1, 0.15) is 11.5 Å². The summed E-state index contributed by atoms with van der Waals surface area (Å²) in [5.41, 5.74) is 1.22. The Labute approximate surface area is 107 Å². The van der Waals surface area contributed by atoms with Gasteiger partial charge in [0.15, 0.2) is 0 Å². The molecular weight excluding hydrogens is 226 g/mol. The third-order valence-electron chi connectivity index (χ3n) is 4.34. The summed E-state index contributed by atoms with van der Waals surface area (Å²) in [6.07, 6.45) is 1.87. The van der Waals surface area contributed by atoms with Crippen molar-refractivity contribution in [3.05, 3.63) is 35.4 Å². The Hall–Kier alpha value is -1.37. The second-order valence-electron chi connectivity index (χ2n) is 5.49. The van der Waals surface area contributed by atoms with Crippen LogP contribution in [-0.4, -0.2) is 17.3 Å². The largest absolute Gasteiger partial charge is 0.387 e. The van der Waals surface area contributed by atoms with E-state index in [1.807, 2.05) is 31.2 Å². The Morgan fingerprint density at radius 1 is 1.39 bits per heavy atom. The summed E-state index contributed by atoms with van der Waals surface area (Å²) in [5.74, 6) is 0. The number of aryl methyl sites for hydroxylation is 1. The molecule has 2 heterocycles. The van der Waals surface area contributed by atoms with Gasteiger partial charge in [0, 0.05) is 0 Å². The van der Waals surface area contributed by atoms with Gasteiger partial charge >= 0.3 is 0 Å². The van der Waals surface area contributed by atoms with Gasteiger partial charge in [-0.15, -0.1) is 0 Å². The van der Waals surface area contributed by atoms with Crippen molar-refractivity contribution in [1.29, 1.82) is 5.26 Å². The summed E-state index contributed by atoms with van der Waals surface area (Å²) >= 11 is 0. The topological polar surface area (TPSA) is 53.2 Å². The lowest BCUT2D eigenvalue weighted by atomic mass is 9.69. The SMILES string of the molecule is Cc1ccc(C(O)C2(C#N)CC3CCC2O3)cc1. The molecule has 2 saturated heterocycles. The number of aliphatic hydroxyl groups is 1. The van der Waals surface area contributed by atoms with Crippen molar-refractivity contribution in [2.24, 2.45) is 5.41 Å². The first-order valence-electron chi connectivity index (χ1n) is 6.47. The summed E-state index contributed by atoms with van der Waals surface area (Å²) < 4.78 is 5.76. The van der Waals surface area contributed by atoms with E-state index in [1.54, 1.807) is 0 Å². The highest BCUT2D eigenvalue weighted by Gasteiger charge is 2.57. The van der Waals surface area contributed by atoms with Gasteiger partial charge in [-0.3, -0.25) is 0 Å². The molecule has 2 fully saturated rings. The molecule has 2 aliphatic rings. The first-order chi connectivity index (χ1) is 8.65. The van der Waals surface area contributed by atoms with Gasteiger partial charge in [0.25, 0.3) is 0 Å². The minimum absolute atomic E-state index is 0.108. The van der Waals surface area contributed by atoms with Gasteiger partial charge in [-0.25, -0.2) is 0 Å². The maximum atomic E-state index is 10.6. The van der Waals surface area contributed by atoms with Crippen molar-refractivity contribution < 1.29 is 9.84 Å². The molecule has 1 aromatic carbocycles. The van der Waals surface area contributed by atoms with Crippen LogP contribution in [-0.2, 0) is 4.74 Å². The lowest BCUT2D eigenvalue weighted by Gasteiger charge is -2.33. The highest BCUT2D eigenvalue weighted by Crippen LogP contribution is 2.53. The van der Waals surface area contributed by atoms with E-state index in [0.29, 0.717) is 6.42 Å². The highest BCUT2D eigenvalue weighted by molar-refractivity contribution is 5.29. The van der Waals surface area contributed by atoms with Crippen LogP contribution >= 0.6 is 0 Å². The Morgan fingerprint density at radius 2 is 2.11 bits per heavy atom. The van der Waals surface area contributed by atoms with Crippen LogP contribution in [0.25, 0.3) is 0 Å². The van der Waals surface area contributed by atoms with Crippen LogP contribution in [0.1, 0.15) is 36.5 Å². The van der Waals surface area contributed by atoms with Gasteiger partial charge < -0.3 is 9.84 Å². The lowest BCUT2D eigenvalue weighted by Crippen LogP contribution is -2.37. The normalized spacial score (nSPS) is 35.4. The molecule has 0 spiro atoms. The number of hydrogen-bond donors (Lipinski definition) is 1. The van der Waals surface area contributed by atoms with E-state index < -0.39 is 11.5 Å². The van der Waals surface area contributed by atoms with Crippen molar-refractivity contribution in [2.45, 2.75) is 44.5 Å². The van der Waals surface area contributed by atoms with E-state index in [-0.39, 0.29) is 12.2 Å². The second kappa shape index (κ2) is 4.08. The third kappa shape index (κ3) is 1.57. The van der Waals surface area contributed by atoms with Crippen LogP contribution in [0.5, 0.6) is 0 Å². The zero-order valence-corrected chi connectivity index (χ0v) is 10.5. The predicted molar refractivity (Wildman–Crippen MR) is 66.7 cm³/mol. The molecule has 0 aromatic heterocycles. The first-order valence-corrected chi connectivity index (χ1v) is 6.47. The number of benzene rings is 1. The quantitative estimate of drug-likeness (QED) is 0.868. The van der Waals surface area contributed by atoms with Crippen LogP contribution in [0.4, 0.5) is 0 Å². The van der Waals surface area contributed by atoms with Crippen LogP contribution < -0.4 is 0 Å². The molecule has 3 nitrogen and oxygen atoms in total. The van der Waals surface area contributed by atoms with E-state index >= 15 is 0 Å². The smallest absolute Gasteiger partial charge is 0.116 e. The average Bonchev–Trinajstić information content (AvgIpc) is 2.99. The molecule has 2 bridgehead atoms. The van der Waals surface area contributed by atoms with E-state index in [2.05, 4.69) is 6.07 Å². The summed E-state index contributed by atoms with van der Waals surface area (Å²) in [4.78, 5) is 0. The summed E-state index contributed by atoms with van der Waals surface area (Å²) in [7, 11) is 0. The predicted octanol–water partition coefficient (Wildman–Crippen LogP) is 2.49. The molecule has 4 atom stereocenters. The fourth-order valence-corrected chi connectivity index (χ4v) is 3.26. The van der Waals surface area contributed by atoms with E-state index in [9.17, 15) is 10.4 Å². The molecule has 3 heteroatoms. The molecule has 0 aliphatic carbocycles. The number of rotatable bonds is 2. The number of aliphatic hydroxyl groups excluding tert-OH is 1. The van der Waals surface area contributed by atoms with E-state index in [4.69, 9.17) is 4.74 Å². The van der Waals surface area contributed by atoms with Crippen LogP contribution in [0, 0.1) is 23.7 Å². The third-order valence-corrected chi connectivity index (χ3v) is 4.34. The highest BCUT2D eigenvalue weighted by atomic mass is 16.5. The number of fused-ring (bicyclic) bond motifs is 2. The number of nitrogens with zero attached hydrogens (tertiary/aromatic N) is 1. The molecular formula is C15H17NO2. The van der Waals surface area contributed by atoms with Crippen molar-refractivity contribution in [2.75, 3.05) is 0 Å². The molecule has 94 valence electrons. The van der Waals surface area contributed by atoms with Crippen molar-refractivity contribution >= 4 is 0 Å². The minimum atomic E-state index is -0.752. The van der Waals surface area contributed by atoms with Crippen molar-refractivity contribution in [1.82, 2.24) is 0 Å². The molecule has 0 amide bonds. The fraction of sp³-hybridized carbons (Fsp3) is 0.533. The fourth-order valence-electron chi connectivity index (χ4n) is 3.26. The number of nitriles is 1. The zero-order valence-electron chi connectivity index (χ0n) is 10.5. The summed E-state index contributed by atoms with van der Waals surface area (Å²) in [6.45, 7) is 2.01. The van der Waals surface area contributed by atoms with Crippen molar-refractivity contribution in [3.63, 3.8) is 0 Å². The Bertz CT molecular complexity index is 490. The molecule has 0 radical (unpaired) electrons. The Morgan fingerprint density at radius 3 is 2.61 bits per heavy atom. The summed E-state index contributed by atoms with van der Waals surface area (Å²) in [6, 6.07) is 10.1. The standard InChI is InChI=1S/C15H17NO2/c1-10-2-4-11(5-3-10)14(17)15(9-16)8-12-6-7-13(15)18-12/h2-5,12-14,17H,6-8H2,1H3. The molecule has 1 aromatic rings. The van der Waals surface area contributed by atoms with Crippen LogP contribution in [0.2, 0.25) is 0 Å². The van der Waals surface area contributed by atoms with Gasteiger partial charge in [-0.1, -0.05) is 29.8 Å². The van der Waals surface area contributed by atoms with Gasteiger partial charge in [0.05, 0.1) is 18.3 Å². The van der Waals surface area contributed by atoms with Crippen LogP contribution in [0.3, 0.4) is 0 Å². The molecule has 4 unspecified atom stereocenters. The summed E-state index contributed by atoms with van der Waals surface area (Å²) in [5, 5.41) is 20.1. The van der Waals surface area contributed by atoms with E-state index in [0.717, 1.165) is 24.0 Å². The minimum Gasteiger partial charge on any atom is -0.387 e. The molecule has 1 N–H and O–H groups in total. The number of hydrogen-bond acceptors (Lipinski definition) is 3. The molecule has 2 aliphatic heterocycles. The lowest BCUT2D eigenvalue weighted by molar-refractivity contribution is 0.00341. The van der Waals surface area contributed by atoms with Gasteiger partial charge in [-0.2, -0.15) is 5.26 Å². The first kappa shape index (κ1) is 11.7. The van der Waals surface area contributed by atoms with E-state index in [1.165, 1.54) is 0 Å². The maximum Gasteiger partial charge on any atom is 0.116 e. The number of ether oxygens (including phenoxy) is 1. The van der Waals surface area contributed by atoms with Crippen molar-refractivity contribution in [3.8, 4) is 6.07 Å².